The molecule has 3 heterocycles. The Labute approximate surface area is 659 Å². The standard InChI is InChI=1S/C25H24Cl2F3N3O5S.C20H14Cl2F3N3O4S.C13H7Cl2F3N2O3S.C12H17NO2/c1-24(2,3)23(35)32-17-6-5-7-19(38-4)20(17)22(34)21-18(10-13(26)12-31-21)33-39(36,37)14-8-9-16(27)15(11-14)25(28,29)30;1-32-16-4-2-3-14(26)17(16)19(29)18-15(7-10(21)9-27-18)28-33(30,31)11-5-6-13(22)12(8-11)20(23,24)25;14-7-3-11(12(6-21)19-5-7)20-24(22,23)8-1-2-10(15)9(4-8)13(16,17)18;1-12(2,3)11(14)13-9-6-5-7-10(8-9)15-4/h5-12,22,33-34H,1-4H3,(H,32,35);2-9,28H,26H2,1H3;1-6,20H;5-8H,1-4H3,(H,13,14). The quantitative estimate of drug-likeness (QED) is 0.0171. The molecule has 2 amide bonds. The van der Waals surface area contributed by atoms with Crippen molar-refractivity contribution in [2.75, 3.05) is 51.9 Å². The van der Waals surface area contributed by atoms with Crippen LogP contribution in [0, 0.1) is 10.8 Å². The van der Waals surface area contributed by atoms with E-state index >= 15 is 0 Å². The van der Waals surface area contributed by atoms with Crippen LogP contribution in [0.3, 0.4) is 0 Å². The number of hydrogen-bond acceptors (Lipinski definition) is 18. The predicted molar refractivity (Wildman–Crippen MR) is 402 cm³/mol. The third-order valence-corrected chi connectivity index (χ3v) is 20.3. The maximum absolute atomic E-state index is 13.3. The zero-order valence-electron chi connectivity index (χ0n) is 58.7. The summed E-state index contributed by atoms with van der Waals surface area (Å²) < 4.78 is 216. The summed E-state index contributed by atoms with van der Waals surface area (Å²) in [5.41, 5.74) is -0.219. The number of sulfonamides is 3. The van der Waals surface area contributed by atoms with Gasteiger partial charge in [0.05, 0.1) is 122 Å². The SMILES string of the molecule is COc1cccc(N)c1C(=O)c1ncc(Cl)cc1NS(=O)(=O)c1ccc(Cl)c(C(F)(F)F)c1.COc1cccc(NC(=O)C(C)(C)C)c1.COc1cccc(NC(=O)C(C)(C)C)c1C(O)c1ncc(Cl)cc1NS(=O)(=O)c1ccc(Cl)c(C(F)(F)F)c1.O=Cc1ncc(Cl)cc1NS(=O)(=O)c1ccc(Cl)c(C(F)(F)F)c1. The van der Waals surface area contributed by atoms with E-state index in [1.54, 1.807) is 46.1 Å². The third kappa shape index (κ3) is 24.0. The largest absolute Gasteiger partial charge is 0.497 e. The molecule has 6 aromatic carbocycles. The lowest BCUT2D eigenvalue weighted by molar-refractivity contribution is -0.138. The van der Waals surface area contributed by atoms with Gasteiger partial charge in [-0.1, -0.05) is 129 Å². The molecule has 0 aliphatic heterocycles. The number of methoxy groups -OCH3 is 3. The van der Waals surface area contributed by atoms with E-state index in [-0.39, 0.29) is 101 Å². The van der Waals surface area contributed by atoms with E-state index in [9.17, 15) is 89.1 Å². The Hall–Kier alpha value is -9.43. The van der Waals surface area contributed by atoms with Gasteiger partial charge in [0.1, 0.15) is 34.7 Å². The summed E-state index contributed by atoms with van der Waals surface area (Å²) in [5, 5.41) is 14.9. The Morgan fingerprint density at radius 1 is 0.486 bits per heavy atom. The van der Waals surface area contributed by atoms with Gasteiger partial charge in [-0.15, -0.1) is 0 Å². The number of amides is 2. The first kappa shape index (κ1) is 90.5. The topological polar surface area (TPSA) is 343 Å². The van der Waals surface area contributed by atoms with Crippen molar-refractivity contribution in [3.63, 3.8) is 0 Å². The molecule has 0 saturated carbocycles. The molecule has 0 aliphatic rings. The molecule has 0 fully saturated rings. The van der Waals surface area contributed by atoms with Crippen LogP contribution in [0.2, 0.25) is 30.1 Å². The minimum Gasteiger partial charge on any atom is -0.497 e. The second-order valence-corrected chi connectivity index (χ2v) is 32.4. The zero-order valence-corrected chi connectivity index (χ0v) is 65.6. The lowest BCUT2D eigenvalue weighted by Gasteiger charge is -2.23. The number of hydrogen-bond donors (Lipinski definition) is 7. The van der Waals surface area contributed by atoms with Gasteiger partial charge >= 0.3 is 18.5 Å². The molecule has 0 bridgehead atoms. The number of rotatable bonds is 19. The number of nitrogens with zero attached hydrogens (tertiary/aromatic N) is 3. The van der Waals surface area contributed by atoms with E-state index in [1.165, 1.54) is 38.5 Å². The van der Waals surface area contributed by atoms with E-state index in [4.69, 9.17) is 89.5 Å². The summed E-state index contributed by atoms with van der Waals surface area (Å²) in [6.07, 6.45) is -12.7. The Balaban J connectivity index is 0.000000242. The van der Waals surface area contributed by atoms with Gasteiger partial charge in [0, 0.05) is 46.9 Å². The number of pyridine rings is 3. The number of aliphatic hydroxyl groups is 1. The smallest absolute Gasteiger partial charge is 0.417 e. The lowest BCUT2D eigenvalue weighted by atomic mass is 9.94. The molecule has 41 heteroatoms. The number of nitrogens with one attached hydrogen (secondary N) is 5. The van der Waals surface area contributed by atoms with Crippen LogP contribution in [0.4, 0.5) is 73.6 Å². The van der Waals surface area contributed by atoms with E-state index in [1.807, 2.05) is 43.7 Å². The van der Waals surface area contributed by atoms with Crippen LogP contribution in [0.15, 0.2) is 167 Å². The molecule has 594 valence electrons. The molecule has 0 saturated heterocycles. The molecule has 0 radical (unpaired) electrons. The fraction of sp³-hybridized carbons (Fsp3) is 0.214. The molecular weight excluding hydrogens is 1670 g/mol. The van der Waals surface area contributed by atoms with Gasteiger partial charge < -0.3 is 35.7 Å². The first-order valence-electron chi connectivity index (χ1n) is 31.0. The molecule has 1 atom stereocenters. The number of alkyl halides is 9. The van der Waals surface area contributed by atoms with Crippen LogP contribution in [-0.4, -0.2) is 90.5 Å². The van der Waals surface area contributed by atoms with Crippen molar-refractivity contribution in [1.29, 1.82) is 0 Å². The van der Waals surface area contributed by atoms with Crippen LogP contribution < -0.4 is 44.7 Å². The van der Waals surface area contributed by atoms with Gasteiger partial charge in [0.15, 0.2) is 6.29 Å². The van der Waals surface area contributed by atoms with Crippen molar-refractivity contribution < 1.29 is 103 Å². The maximum atomic E-state index is 13.3. The number of halogens is 15. The van der Waals surface area contributed by atoms with Crippen molar-refractivity contribution >= 4 is 158 Å². The van der Waals surface area contributed by atoms with E-state index in [0.717, 1.165) is 84.6 Å². The van der Waals surface area contributed by atoms with E-state index in [0.29, 0.717) is 18.2 Å². The predicted octanol–water partition coefficient (Wildman–Crippen LogP) is 18.0. The number of benzene rings is 6. The van der Waals surface area contributed by atoms with Crippen LogP contribution in [0.1, 0.15) is 102 Å². The Bertz CT molecular complexity index is 5350. The molecule has 0 aliphatic carbocycles. The number of aliphatic hydroxyl groups excluding tert-OH is 1. The van der Waals surface area contributed by atoms with Gasteiger partial charge in [0.25, 0.3) is 30.1 Å². The van der Waals surface area contributed by atoms with Crippen molar-refractivity contribution in [3.8, 4) is 17.2 Å². The van der Waals surface area contributed by atoms with E-state index < -0.39 is 118 Å². The highest BCUT2D eigenvalue weighted by Gasteiger charge is 2.39. The highest BCUT2D eigenvalue weighted by atomic mass is 35.5. The van der Waals surface area contributed by atoms with E-state index in [2.05, 4.69) is 35.0 Å². The van der Waals surface area contributed by atoms with Gasteiger partial charge in [-0.25, -0.2) is 35.2 Å². The van der Waals surface area contributed by atoms with Crippen LogP contribution in [0.25, 0.3) is 0 Å². The molecule has 23 nitrogen and oxygen atoms in total. The normalized spacial score (nSPS) is 12.2. The second kappa shape index (κ2) is 36.4. The number of carbonyl (C=O) groups excluding carboxylic acids is 4. The molecule has 0 spiro atoms. The highest BCUT2D eigenvalue weighted by molar-refractivity contribution is 7.93. The summed E-state index contributed by atoms with van der Waals surface area (Å²) in [7, 11) is -9.45. The minimum absolute atomic E-state index is 0.00393. The van der Waals surface area contributed by atoms with Crippen LogP contribution in [0.5, 0.6) is 17.2 Å². The number of ether oxygens (including phenoxy) is 3. The summed E-state index contributed by atoms with van der Waals surface area (Å²) in [5.74, 6) is -0.188. The molecule has 111 heavy (non-hydrogen) atoms. The molecule has 9 aromatic rings. The molecule has 8 N–H and O–H groups in total. The second-order valence-electron chi connectivity index (χ2n) is 24.8. The number of aldehydes is 1. The Morgan fingerprint density at radius 3 is 1.34 bits per heavy atom. The number of ketones is 1. The van der Waals surface area contributed by atoms with Crippen molar-refractivity contribution in [1.82, 2.24) is 15.0 Å². The average molecular weight is 1730 g/mol. The number of nitrogen functional groups attached to an aromatic ring is 1. The number of nitrogens with two attached hydrogens (primary N) is 1. The molecule has 1 unspecified atom stereocenters. The monoisotopic (exact) mass is 1730 g/mol. The van der Waals surface area contributed by atoms with Gasteiger partial charge in [-0.3, -0.25) is 38.3 Å². The van der Waals surface area contributed by atoms with Crippen LogP contribution in [-0.2, 0) is 58.2 Å². The Kier molecular flexibility index (Phi) is 29.6. The number of carbonyl (C=O) groups is 4. The van der Waals surface area contributed by atoms with Crippen molar-refractivity contribution in [3.05, 3.63) is 227 Å². The molecule has 9 rings (SSSR count). The summed E-state index contributed by atoms with van der Waals surface area (Å²) in [6, 6.07) is 26.0. The lowest BCUT2D eigenvalue weighted by Crippen LogP contribution is -2.28. The molecule has 3 aromatic heterocycles. The fourth-order valence-electron chi connectivity index (χ4n) is 9.01. The van der Waals surface area contributed by atoms with Crippen LogP contribution >= 0.6 is 69.6 Å². The highest BCUT2D eigenvalue weighted by Crippen LogP contribution is 2.43. The number of anilines is 6. The number of aromatic nitrogens is 3. The minimum atomic E-state index is -4.90. The summed E-state index contributed by atoms with van der Waals surface area (Å²) >= 11 is 34.2. The van der Waals surface area contributed by atoms with Crippen molar-refractivity contribution in [2.24, 2.45) is 10.8 Å². The Morgan fingerprint density at radius 2 is 0.892 bits per heavy atom. The summed E-state index contributed by atoms with van der Waals surface area (Å²) in [6.45, 7) is 10.7. The van der Waals surface area contributed by atoms with Gasteiger partial charge in [0.2, 0.25) is 17.6 Å². The van der Waals surface area contributed by atoms with Crippen molar-refractivity contribution in [2.45, 2.75) is 80.9 Å². The maximum Gasteiger partial charge on any atom is 0.417 e. The third-order valence-electron chi connectivity index (χ3n) is 14.6. The first-order chi connectivity index (χ1) is 51.3. The average Bonchev–Trinajstić information content (AvgIpc) is 0.806. The zero-order chi connectivity index (χ0) is 83.5. The van der Waals surface area contributed by atoms with Gasteiger partial charge in [-0.05, 0) is 109 Å². The first-order valence-corrected chi connectivity index (χ1v) is 37.7. The molecular formula is C70H62Cl6F9N9O14S3. The summed E-state index contributed by atoms with van der Waals surface area (Å²) in [4.78, 5) is 57.8. The van der Waals surface area contributed by atoms with Gasteiger partial charge in [-0.2, -0.15) is 39.5 Å². The fourth-order valence-corrected chi connectivity index (χ4v) is 13.4.